The van der Waals surface area contributed by atoms with Crippen molar-refractivity contribution in [2.45, 2.75) is 5.88 Å². The summed E-state index contributed by atoms with van der Waals surface area (Å²) in [7, 11) is 0. The van der Waals surface area contributed by atoms with Crippen LogP contribution >= 0.6 is 23.2 Å². The van der Waals surface area contributed by atoms with Crippen molar-refractivity contribution < 1.29 is 13.5 Å². The van der Waals surface area contributed by atoms with Crippen molar-refractivity contribution in [3.05, 3.63) is 58.6 Å². The summed E-state index contributed by atoms with van der Waals surface area (Å²) in [5, 5.41) is 0.512. The number of rotatable bonds is 3. The van der Waals surface area contributed by atoms with E-state index in [0.29, 0.717) is 16.3 Å². The first-order valence-electron chi connectivity index (χ1n) is 5.07. The Kier molecular flexibility index (Phi) is 4.04. The second-order valence-corrected chi connectivity index (χ2v) is 4.27. The highest BCUT2D eigenvalue weighted by Gasteiger charge is 2.09. The van der Waals surface area contributed by atoms with E-state index in [-0.39, 0.29) is 11.6 Å². The molecule has 0 radical (unpaired) electrons. The minimum Gasteiger partial charge on any atom is -0.454 e. The number of hydrogen-bond donors (Lipinski definition) is 0. The number of halogens is 4. The predicted octanol–water partition coefficient (Wildman–Crippen LogP) is 5.15. The lowest BCUT2D eigenvalue weighted by Crippen LogP contribution is -1.93. The molecule has 0 N–H and O–H groups in total. The van der Waals surface area contributed by atoms with Crippen LogP contribution in [0.25, 0.3) is 0 Å². The highest BCUT2D eigenvalue weighted by molar-refractivity contribution is 6.30. The Labute approximate surface area is 113 Å². The van der Waals surface area contributed by atoms with Gasteiger partial charge in [0.1, 0.15) is 11.6 Å². The lowest BCUT2D eigenvalue weighted by atomic mass is 10.2. The van der Waals surface area contributed by atoms with Crippen LogP contribution in [0.15, 0.2) is 36.4 Å². The third-order valence-corrected chi connectivity index (χ3v) is 2.80. The van der Waals surface area contributed by atoms with Crippen molar-refractivity contribution in [1.29, 1.82) is 0 Å². The fourth-order valence-corrected chi connectivity index (χ4v) is 1.83. The van der Waals surface area contributed by atoms with Crippen molar-refractivity contribution in [2.75, 3.05) is 0 Å². The van der Waals surface area contributed by atoms with Crippen LogP contribution in [-0.2, 0) is 5.88 Å². The van der Waals surface area contributed by atoms with E-state index in [9.17, 15) is 8.78 Å². The van der Waals surface area contributed by atoms with Gasteiger partial charge in [-0.3, -0.25) is 0 Å². The van der Waals surface area contributed by atoms with Crippen molar-refractivity contribution in [1.82, 2.24) is 0 Å². The summed E-state index contributed by atoms with van der Waals surface area (Å²) < 4.78 is 31.5. The molecule has 0 fully saturated rings. The molecule has 2 rings (SSSR count). The lowest BCUT2D eigenvalue weighted by Gasteiger charge is -2.10. The standard InChI is InChI=1S/C13H8Cl2F2O/c14-7-8-5-9(15)1-3-12(8)18-13-4-2-10(16)6-11(13)17/h1-6H,7H2. The minimum absolute atomic E-state index is 0.0647. The lowest BCUT2D eigenvalue weighted by molar-refractivity contribution is 0.435. The van der Waals surface area contributed by atoms with Gasteiger partial charge in [-0.1, -0.05) is 11.6 Å². The largest absolute Gasteiger partial charge is 0.454 e. The van der Waals surface area contributed by atoms with Crippen molar-refractivity contribution >= 4 is 23.2 Å². The van der Waals surface area contributed by atoms with Crippen LogP contribution < -0.4 is 4.74 Å². The zero-order valence-electron chi connectivity index (χ0n) is 9.09. The maximum atomic E-state index is 13.4. The maximum absolute atomic E-state index is 13.4. The summed E-state index contributed by atoms with van der Waals surface area (Å²) in [5.41, 5.74) is 0.632. The van der Waals surface area contributed by atoms with Crippen LogP contribution in [0.3, 0.4) is 0 Å². The Hall–Kier alpha value is -1.32. The maximum Gasteiger partial charge on any atom is 0.168 e. The molecule has 0 spiro atoms. The van der Waals surface area contributed by atoms with E-state index in [2.05, 4.69) is 0 Å². The normalized spacial score (nSPS) is 10.4. The molecule has 2 aromatic rings. The van der Waals surface area contributed by atoms with E-state index < -0.39 is 11.6 Å². The molecule has 0 aliphatic rings. The fourth-order valence-electron chi connectivity index (χ4n) is 1.43. The molecule has 0 amide bonds. The molecule has 0 heterocycles. The van der Waals surface area contributed by atoms with Gasteiger partial charge in [-0.2, -0.15) is 0 Å². The van der Waals surface area contributed by atoms with Gasteiger partial charge in [0.2, 0.25) is 0 Å². The van der Waals surface area contributed by atoms with Crippen LogP contribution in [0, 0.1) is 11.6 Å². The van der Waals surface area contributed by atoms with Crippen molar-refractivity contribution in [3.63, 3.8) is 0 Å². The molecule has 0 atom stereocenters. The first kappa shape index (κ1) is 13.1. The molecular weight excluding hydrogens is 281 g/mol. The smallest absolute Gasteiger partial charge is 0.168 e. The third-order valence-electron chi connectivity index (χ3n) is 2.28. The second kappa shape index (κ2) is 5.55. The molecule has 0 bridgehead atoms. The molecule has 0 aliphatic carbocycles. The summed E-state index contributed by atoms with van der Waals surface area (Å²) in [4.78, 5) is 0. The summed E-state index contributed by atoms with van der Waals surface area (Å²) >= 11 is 11.6. The van der Waals surface area contributed by atoms with Gasteiger partial charge in [0.05, 0.1) is 5.88 Å². The van der Waals surface area contributed by atoms with Gasteiger partial charge in [-0.05, 0) is 30.3 Å². The molecule has 0 unspecified atom stereocenters. The van der Waals surface area contributed by atoms with Crippen molar-refractivity contribution in [3.8, 4) is 11.5 Å². The van der Waals surface area contributed by atoms with Gasteiger partial charge in [0, 0.05) is 16.7 Å². The Bertz CT molecular complexity index is 573. The van der Waals surface area contributed by atoms with E-state index in [4.69, 9.17) is 27.9 Å². The topological polar surface area (TPSA) is 9.23 Å². The second-order valence-electron chi connectivity index (χ2n) is 3.56. The molecular formula is C13H8Cl2F2O. The van der Waals surface area contributed by atoms with Gasteiger partial charge in [0.25, 0.3) is 0 Å². The molecule has 1 nitrogen and oxygen atoms in total. The van der Waals surface area contributed by atoms with Crippen LogP contribution in [0.5, 0.6) is 11.5 Å². The van der Waals surface area contributed by atoms with Crippen molar-refractivity contribution in [2.24, 2.45) is 0 Å². The Balaban J connectivity index is 2.33. The molecule has 0 saturated carbocycles. The molecule has 18 heavy (non-hydrogen) atoms. The highest BCUT2D eigenvalue weighted by Crippen LogP contribution is 2.30. The quantitative estimate of drug-likeness (QED) is 0.710. The van der Waals surface area contributed by atoms with Gasteiger partial charge < -0.3 is 4.74 Å². The van der Waals surface area contributed by atoms with Gasteiger partial charge in [-0.25, -0.2) is 8.78 Å². The molecule has 5 heteroatoms. The van der Waals surface area contributed by atoms with E-state index in [1.54, 1.807) is 18.2 Å². The molecule has 0 saturated heterocycles. The highest BCUT2D eigenvalue weighted by atomic mass is 35.5. The van der Waals surface area contributed by atoms with E-state index >= 15 is 0 Å². The summed E-state index contributed by atoms with van der Waals surface area (Å²) in [6, 6.07) is 7.92. The van der Waals surface area contributed by atoms with E-state index in [0.717, 1.165) is 12.1 Å². The van der Waals surface area contributed by atoms with E-state index in [1.807, 2.05) is 0 Å². The molecule has 2 aromatic carbocycles. The predicted molar refractivity (Wildman–Crippen MR) is 67.4 cm³/mol. The first-order chi connectivity index (χ1) is 8.60. The van der Waals surface area contributed by atoms with E-state index in [1.165, 1.54) is 6.07 Å². The molecule has 0 aromatic heterocycles. The zero-order chi connectivity index (χ0) is 13.1. The summed E-state index contributed by atoms with van der Waals surface area (Å²) in [5.74, 6) is -0.928. The van der Waals surface area contributed by atoms with Crippen LogP contribution in [-0.4, -0.2) is 0 Å². The Morgan fingerprint density at radius 2 is 1.72 bits per heavy atom. The minimum atomic E-state index is -0.773. The number of ether oxygens (including phenoxy) is 1. The van der Waals surface area contributed by atoms with Crippen LogP contribution in [0.1, 0.15) is 5.56 Å². The van der Waals surface area contributed by atoms with Gasteiger partial charge in [-0.15, -0.1) is 11.6 Å². The Morgan fingerprint density at radius 1 is 1.00 bits per heavy atom. The van der Waals surface area contributed by atoms with Gasteiger partial charge >= 0.3 is 0 Å². The summed E-state index contributed by atoms with van der Waals surface area (Å²) in [6.45, 7) is 0. The Morgan fingerprint density at radius 3 is 2.39 bits per heavy atom. The first-order valence-corrected chi connectivity index (χ1v) is 5.98. The van der Waals surface area contributed by atoms with Crippen LogP contribution in [0.2, 0.25) is 5.02 Å². The summed E-state index contributed by atoms with van der Waals surface area (Å²) in [6.07, 6.45) is 0. The SMILES string of the molecule is Fc1ccc(Oc2ccc(Cl)cc2CCl)c(F)c1. The van der Waals surface area contributed by atoms with Gasteiger partial charge in [0.15, 0.2) is 11.6 Å². The average molecular weight is 289 g/mol. The third kappa shape index (κ3) is 2.92. The number of benzene rings is 2. The molecule has 94 valence electrons. The average Bonchev–Trinajstić information content (AvgIpc) is 2.34. The zero-order valence-corrected chi connectivity index (χ0v) is 10.6. The molecule has 0 aliphatic heterocycles. The number of alkyl halides is 1. The fraction of sp³-hybridized carbons (Fsp3) is 0.0769. The monoisotopic (exact) mass is 288 g/mol. The van der Waals surface area contributed by atoms with Crippen LogP contribution in [0.4, 0.5) is 8.78 Å². The number of hydrogen-bond acceptors (Lipinski definition) is 1.